The highest BCUT2D eigenvalue weighted by Gasteiger charge is 2.37. The van der Waals surface area contributed by atoms with E-state index in [-0.39, 0.29) is 40.2 Å². The zero-order valence-corrected chi connectivity index (χ0v) is 18.4. The lowest BCUT2D eigenvalue weighted by Gasteiger charge is -2.37. The second-order valence-corrected chi connectivity index (χ2v) is 8.27. The van der Waals surface area contributed by atoms with Crippen molar-refractivity contribution in [2.45, 2.75) is 51.9 Å². The number of carbonyl (C=O) groups is 1. The van der Waals surface area contributed by atoms with Gasteiger partial charge in [0.1, 0.15) is 6.04 Å². The van der Waals surface area contributed by atoms with Crippen molar-refractivity contribution in [1.29, 1.82) is 0 Å². The van der Waals surface area contributed by atoms with Gasteiger partial charge in [0.25, 0.3) is 0 Å². The molecule has 6 nitrogen and oxygen atoms in total. The highest BCUT2D eigenvalue weighted by Crippen LogP contribution is 2.24. The van der Waals surface area contributed by atoms with Crippen LogP contribution in [0.15, 0.2) is 60.7 Å². The maximum absolute atomic E-state index is 11.9. The van der Waals surface area contributed by atoms with E-state index in [1.54, 1.807) is 0 Å². The van der Waals surface area contributed by atoms with Gasteiger partial charge in [0.15, 0.2) is 8.46 Å². The van der Waals surface area contributed by atoms with Crippen LogP contribution in [-0.2, 0) is 32.0 Å². The van der Waals surface area contributed by atoms with Crippen molar-refractivity contribution in [3.05, 3.63) is 71.8 Å². The van der Waals surface area contributed by atoms with Crippen molar-refractivity contribution in [1.82, 2.24) is 5.32 Å². The number of hydrogen-bond acceptors (Lipinski definition) is 5. The lowest BCUT2D eigenvalue weighted by atomic mass is 10.0. The van der Waals surface area contributed by atoms with E-state index in [4.69, 9.17) is 9.47 Å². The van der Waals surface area contributed by atoms with Gasteiger partial charge in [-0.3, -0.25) is 14.7 Å². The lowest BCUT2D eigenvalue weighted by molar-refractivity contribution is -0.274. The third-order valence-corrected chi connectivity index (χ3v) is 4.97. The average Bonchev–Trinajstić information content (AvgIpc) is 2.75. The molecule has 0 heterocycles. The van der Waals surface area contributed by atoms with Crippen LogP contribution in [-0.4, -0.2) is 29.2 Å². The molecule has 0 aliphatic carbocycles. The second-order valence-electron chi connectivity index (χ2n) is 7.57. The fraction of sp³-hybridized carbons (Fsp3) is 0.435. The van der Waals surface area contributed by atoms with Crippen molar-refractivity contribution in [2.75, 3.05) is 6.16 Å². The quantitative estimate of drug-likeness (QED) is 0.329. The summed E-state index contributed by atoms with van der Waals surface area (Å²) in [5.74, 6) is -2.20. The molecule has 0 bridgehead atoms. The van der Waals surface area contributed by atoms with E-state index >= 15 is 0 Å². The predicted molar refractivity (Wildman–Crippen MR) is 116 cm³/mol. The Morgan fingerprint density at radius 1 is 1.00 bits per heavy atom. The van der Waals surface area contributed by atoms with Crippen LogP contribution in [0.2, 0.25) is 0 Å². The van der Waals surface area contributed by atoms with Gasteiger partial charge in [-0.25, -0.2) is 0 Å². The molecule has 30 heavy (non-hydrogen) atoms. The number of ether oxygens (including phenoxy) is 2. The number of benzene rings is 2. The third-order valence-electron chi connectivity index (χ3n) is 4.56. The molecule has 0 unspecified atom stereocenters. The minimum absolute atomic E-state index is 0.0567. The summed E-state index contributed by atoms with van der Waals surface area (Å²) in [7, 11) is -0.0567. The zero-order valence-electron chi connectivity index (χ0n) is 17.5. The molecule has 1 atom stereocenters. The molecule has 7 heteroatoms. The fourth-order valence-electron chi connectivity index (χ4n) is 3.04. The number of carboxylic acids is 1. The molecule has 0 radical (unpaired) electrons. The maximum Gasteiger partial charge on any atom is 0.320 e. The van der Waals surface area contributed by atoms with Crippen molar-refractivity contribution in [3.8, 4) is 0 Å². The van der Waals surface area contributed by atoms with Crippen LogP contribution in [0.25, 0.3) is 0 Å². The summed E-state index contributed by atoms with van der Waals surface area (Å²) in [6.07, 6.45) is 0.916. The Kier molecular flexibility index (Phi) is 10.1. The van der Waals surface area contributed by atoms with E-state index in [1.807, 2.05) is 74.5 Å². The van der Waals surface area contributed by atoms with Crippen molar-refractivity contribution in [3.63, 3.8) is 0 Å². The van der Waals surface area contributed by atoms with E-state index in [1.165, 1.54) is 0 Å². The zero-order chi connectivity index (χ0) is 21.8. The summed E-state index contributed by atoms with van der Waals surface area (Å²) < 4.78 is 23.6. The molecule has 2 N–H and O–H groups in total. The fourth-order valence-corrected chi connectivity index (χ4v) is 3.43. The first-order chi connectivity index (χ1) is 14.4. The van der Waals surface area contributed by atoms with Gasteiger partial charge in [-0.05, 0) is 23.5 Å². The normalized spacial score (nSPS) is 12.9. The Labute approximate surface area is 179 Å². The second kappa shape index (κ2) is 12.6. The van der Waals surface area contributed by atoms with E-state index in [2.05, 4.69) is 5.32 Å². The molecule has 2 rings (SSSR count). The Bertz CT molecular complexity index is 726. The van der Waals surface area contributed by atoms with Gasteiger partial charge in [0.2, 0.25) is 5.91 Å². The van der Waals surface area contributed by atoms with Gasteiger partial charge in [-0.1, -0.05) is 74.5 Å². The first kappa shape index (κ1) is 24.2. The standard InChI is InChI=1S/C23H30NO5P/c1-18(2)15-21(22(25)26)24-23(13-14-30-27,28-16-19-9-5-3-6-10-19)29-17-20-11-7-4-8-12-20/h3-12,18,21,24H,13-17H2,1-2H3,(H,25,26)/t21-/m0/s1. The lowest BCUT2D eigenvalue weighted by Crippen LogP contribution is -2.57. The van der Waals surface area contributed by atoms with Crippen LogP contribution < -0.4 is 5.32 Å². The Balaban J connectivity index is 2.27. The van der Waals surface area contributed by atoms with Gasteiger partial charge >= 0.3 is 5.97 Å². The molecule has 2 aromatic carbocycles. The molecule has 0 amide bonds. The van der Waals surface area contributed by atoms with E-state index in [0.717, 1.165) is 11.1 Å². The molecule has 0 saturated carbocycles. The summed E-state index contributed by atoms with van der Waals surface area (Å²) >= 11 is 0. The van der Waals surface area contributed by atoms with Gasteiger partial charge < -0.3 is 14.6 Å². The maximum atomic E-state index is 11.9. The molecule has 0 spiro atoms. The predicted octanol–water partition coefficient (Wildman–Crippen LogP) is 4.84. The van der Waals surface area contributed by atoms with Crippen LogP contribution in [0.3, 0.4) is 0 Å². The topological polar surface area (TPSA) is 84.9 Å². The van der Waals surface area contributed by atoms with Crippen molar-refractivity contribution >= 4 is 14.4 Å². The number of nitrogens with one attached hydrogen (secondary N) is 1. The van der Waals surface area contributed by atoms with Crippen LogP contribution in [0.1, 0.15) is 37.8 Å². The van der Waals surface area contributed by atoms with Gasteiger partial charge in [-0.15, -0.1) is 0 Å². The van der Waals surface area contributed by atoms with Gasteiger partial charge in [-0.2, -0.15) is 0 Å². The molecule has 0 fully saturated rings. The largest absolute Gasteiger partial charge is 0.480 e. The van der Waals surface area contributed by atoms with Gasteiger partial charge in [0, 0.05) is 12.6 Å². The number of aliphatic carboxylic acids is 1. The van der Waals surface area contributed by atoms with Crippen molar-refractivity contribution < 1.29 is 23.9 Å². The summed E-state index contributed by atoms with van der Waals surface area (Å²) in [5, 5.41) is 12.8. The third kappa shape index (κ3) is 8.33. The Morgan fingerprint density at radius 3 is 1.90 bits per heavy atom. The average molecular weight is 431 g/mol. The Hall–Kier alpha value is -2.11. The summed E-state index contributed by atoms with van der Waals surface area (Å²) in [4.78, 5) is 11.9. The number of hydrogen-bond donors (Lipinski definition) is 2. The minimum Gasteiger partial charge on any atom is -0.480 e. The number of carboxylic acid groups (broad SMARTS) is 1. The first-order valence-corrected chi connectivity index (χ1v) is 11.1. The molecular formula is C23H30NO5P. The van der Waals surface area contributed by atoms with Crippen LogP contribution in [0, 0.1) is 5.92 Å². The van der Waals surface area contributed by atoms with Crippen LogP contribution in [0.4, 0.5) is 0 Å². The summed E-state index contributed by atoms with van der Waals surface area (Å²) in [6, 6.07) is 18.3. The summed E-state index contributed by atoms with van der Waals surface area (Å²) in [5.41, 5.74) is 1.87. The van der Waals surface area contributed by atoms with E-state index in [9.17, 15) is 14.5 Å². The Morgan fingerprint density at radius 2 is 1.50 bits per heavy atom. The SMILES string of the molecule is CC(C)C[C@H](NC(CCP=O)(OCc1ccccc1)OCc1ccccc1)C(=O)O. The molecular weight excluding hydrogens is 401 g/mol. The molecule has 0 aliphatic rings. The van der Waals surface area contributed by atoms with Crippen LogP contribution >= 0.6 is 8.46 Å². The number of rotatable bonds is 14. The van der Waals surface area contributed by atoms with Crippen LogP contribution in [0.5, 0.6) is 0 Å². The molecule has 162 valence electrons. The minimum atomic E-state index is -1.39. The summed E-state index contributed by atoms with van der Waals surface area (Å²) in [6.45, 7) is 4.38. The smallest absolute Gasteiger partial charge is 0.320 e. The molecule has 0 aliphatic heterocycles. The molecule has 0 aromatic heterocycles. The van der Waals surface area contributed by atoms with Gasteiger partial charge in [0.05, 0.1) is 13.2 Å². The highest BCUT2D eigenvalue weighted by atomic mass is 31.1. The monoisotopic (exact) mass is 431 g/mol. The van der Waals surface area contributed by atoms with E-state index in [0.29, 0.717) is 6.42 Å². The highest BCUT2D eigenvalue weighted by molar-refractivity contribution is 7.23. The van der Waals surface area contributed by atoms with E-state index < -0.39 is 17.9 Å². The first-order valence-electron chi connectivity index (χ1n) is 10.1. The molecule has 0 saturated heterocycles. The van der Waals surface area contributed by atoms with Crippen molar-refractivity contribution in [2.24, 2.45) is 5.92 Å². The molecule has 2 aromatic rings.